The van der Waals surface area contributed by atoms with Crippen molar-refractivity contribution in [1.82, 2.24) is 10.2 Å². The fourth-order valence-corrected chi connectivity index (χ4v) is 3.91. The third kappa shape index (κ3) is 5.78. The lowest BCUT2D eigenvalue weighted by atomic mass is 10.2. The number of nitrogens with zero attached hydrogens (tertiary/aromatic N) is 2. The number of halogens is 2. The van der Waals surface area contributed by atoms with Gasteiger partial charge in [0.15, 0.2) is 6.61 Å². The Kier molecular flexibility index (Phi) is 7.73. The highest BCUT2D eigenvalue weighted by atomic mass is 35.5. The average molecular weight is 496 g/mol. The van der Waals surface area contributed by atoms with Crippen molar-refractivity contribution in [3.63, 3.8) is 0 Å². The summed E-state index contributed by atoms with van der Waals surface area (Å²) in [4.78, 5) is 48.1. The lowest BCUT2D eigenvalue weighted by Gasteiger charge is -2.13. The number of thioether (sulfide) groups is 1. The Morgan fingerprint density at radius 3 is 2.66 bits per heavy atom. The number of nitro groups is 1. The molecule has 2 aromatic rings. The van der Waals surface area contributed by atoms with Crippen molar-refractivity contribution in [3.05, 3.63) is 73.1 Å². The first-order valence-corrected chi connectivity index (χ1v) is 10.7. The van der Waals surface area contributed by atoms with Gasteiger partial charge in [0.25, 0.3) is 22.7 Å². The molecule has 0 unspecified atom stereocenters. The van der Waals surface area contributed by atoms with E-state index in [0.717, 1.165) is 4.90 Å². The van der Waals surface area contributed by atoms with Gasteiger partial charge in [0.2, 0.25) is 0 Å². The number of imide groups is 1. The molecule has 1 saturated heterocycles. The molecule has 3 amide bonds. The third-order valence-corrected chi connectivity index (χ3v) is 5.73. The Hall–Kier alpha value is -3.08. The molecule has 0 bridgehead atoms. The van der Waals surface area contributed by atoms with Gasteiger partial charge in [0.05, 0.1) is 14.9 Å². The lowest BCUT2D eigenvalue weighted by molar-refractivity contribution is -0.384. The zero-order valence-corrected chi connectivity index (χ0v) is 18.6. The van der Waals surface area contributed by atoms with Gasteiger partial charge in [0.1, 0.15) is 10.8 Å². The molecule has 166 valence electrons. The van der Waals surface area contributed by atoms with E-state index in [2.05, 4.69) is 5.32 Å². The standard InChI is InChI=1S/C20H15Cl2N3O6S/c21-13-6-5-12(9-15(13)25(29)30)10-17-19(27)24(20(28)32-17)8-7-23-18(26)11-31-16-4-2-1-3-14(16)22/h1-6,9-10H,7-8,11H2,(H,23,26)/b17-10-. The van der Waals surface area contributed by atoms with E-state index in [-0.39, 0.29) is 35.3 Å². The Labute approximate surface area is 196 Å². The van der Waals surface area contributed by atoms with E-state index >= 15 is 0 Å². The smallest absolute Gasteiger partial charge is 0.293 e. The van der Waals surface area contributed by atoms with Gasteiger partial charge >= 0.3 is 0 Å². The first-order valence-electron chi connectivity index (χ1n) is 9.09. The summed E-state index contributed by atoms with van der Waals surface area (Å²) in [6.45, 7) is -0.288. The van der Waals surface area contributed by atoms with Gasteiger partial charge in [-0.2, -0.15) is 0 Å². The van der Waals surface area contributed by atoms with Crippen molar-refractivity contribution in [1.29, 1.82) is 0 Å². The second kappa shape index (κ2) is 10.5. The van der Waals surface area contributed by atoms with Crippen molar-refractivity contribution < 1.29 is 24.0 Å². The number of amides is 3. The van der Waals surface area contributed by atoms with Crippen LogP contribution in [0.1, 0.15) is 5.56 Å². The van der Waals surface area contributed by atoms with Crippen LogP contribution in [0.5, 0.6) is 5.75 Å². The number of nitrogens with one attached hydrogen (secondary N) is 1. The van der Waals surface area contributed by atoms with E-state index in [4.69, 9.17) is 27.9 Å². The van der Waals surface area contributed by atoms with Crippen LogP contribution in [0.3, 0.4) is 0 Å². The molecule has 9 nitrogen and oxygen atoms in total. The van der Waals surface area contributed by atoms with Gasteiger partial charge in [-0.05, 0) is 41.6 Å². The fourth-order valence-electron chi connectivity index (χ4n) is 2.67. The number of hydrogen-bond donors (Lipinski definition) is 1. The molecule has 1 aliphatic heterocycles. The van der Waals surface area contributed by atoms with E-state index in [9.17, 15) is 24.5 Å². The summed E-state index contributed by atoms with van der Waals surface area (Å²) < 4.78 is 5.32. The summed E-state index contributed by atoms with van der Waals surface area (Å²) in [5.41, 5.74) is 0.0537. The number of benzene rings is 2. The summed E-state index contributed by atoms with van der Waals surface area (Å²) in [5.74, 6) is -0.636. The number of carbonyl (C=O) groups is 3. The zero-order valence-electron chi connectivity index (χ0n) is 16.2. The normalized spacial score (nSPS) is 14.7. The highest BCUT2D eigenvalue weighted by molar-refractivity contribution is 8.18. The van der Waals surface area contributed by atoms with Gasteiger partial charge in [-0.1, -0.05) is 41.4 Å². The van der Waals surface area contributed by atoms with Gasteiger partial charge in [-0.3, -0.25) is 29.4 Å². The minimum absolute atomic E-state index is 0.0302. The van der Waals surface area contributed by atoms with Gasteiger partial charge in [-0.15, -0.1) is 0 Å². The van der Waals surface area contributed by atoms with E-state index < -0.39 is 22.0 Å². The maximum absolute atomic E-state index is 12.5. The quantitative estimate of drug-likeness (QED) is 0.332. The van der Waals surface area contributed by atoms with E-state index in [1.807, 2.05) is 0 Å². The molecule has 0 atom stereocenters. The lowest BCUT2D eigenvalue weighted by Crippen LogP contribution is -2.38. The average Bonchev–Trinajstić information content (AvgIpc) is 3.01. The zero-order chi connectivity index (χ0) is 23.3. The fraction of sp³-hybridized carbons (Fsp3) is 0.150. The van der Waals surface area contributed by atoms with Crippen molar-refractivity contribution >= 4 is 63.8 Å². The Morgan fingerprint density at radius 2 is 1.94 bits per heavy atom. The Bertz CT molecular complexity index is 1120. The van der Waals surface area contributed by atoms with Crippen LogP contribution in [-0.2, 0) is 9.59 Å². The number of para-hydroxylation sites is 1. The van der Waals surface area contributed by atoms with E-state index in [1.54, 1.807) is 24.3 Å². The summed E-state index contributed by atoms with van der Waals surface area (Å²) in [7, 11) is 0. The molecule has 1 heterocycles. The Balaban J connectivity index is 1.54. The van der Waals surface area contributed by atoms with Crippen LogP contribution >= 0.6 is 35.0 Å². The van der Waals surface area contributed by atoms with E-state index in [0.29, 0.717) is 28.1 Å². The highest BCUT2D eigenvalue weighted by Gasteiger charge is 2.34. The predicted octanol–water partition coefficient (Wildman–Crippen LogP) is 4.13. The van der Waals surface area contributed by atoms with Crippen LogP contribution < -0.4 is 10.1 Å². The van der Waals surface area contributed by atoms with Crippen molar-refractivity contribution in [2.24, 2.45) is 0 Å². The predicted molar refractivity (Wildman–Crippen MR) is 121 cm³/mol. The molecule has 2 aromatic carbocycles. The summed E-state index contributed by atoms with van der Waals surface area (Å²) in [5, 5.41) is 13.4. The molecule has 0 aromatic heterocycles. The molecule has 0 spiro atoms. The van der Waals surface area contributed by atoms with Crippen LogP contribution in [0.4, 0.5) is 10.5 Å². The number of carbonyl (C=O) groups excluding carboxylic acids is 3. The Morgan fingerprint density at radius 1 is 1.19 bits per heavy atom. The summed E-state index contributed by atoms with van der Waals surface area (Å²) >= 11 is 12.4. The second-order valence-electron chi connectivity index (χ2n) is 6.37. The van der Waals surface area contributed by atoms with Crippen molar-refractivity contribution in [2.75, 3.05) is 19.7 Å². The SMILES string of the molecule is O=C(COc1ccccc1Cl)NCCN1C(=O)S/C(=C\c2ccc(Cl)c([N+](=O)[O-])c2)C1=O. The van der Waals surface area contributed by atoms with Gasteiger partial charge < -0.3 is 10.1 Å². The maximum atomic E-state index is 12.5. The summed E-state index contributed by atoms with van der Waals surface area (Å²) in [6, 6.07) is 10.8. The molecule has 0 radical (unpaired) electrons. The number of hydrogen-bond acceptors (Lipinski definition) is 7. The molecule has 32 heavy (non-hydrogen) atoms. The van der Waals surface area contributed by atoms with Crippen LogP contribution in [0, 0.1) is 10.1 Å². The topological polar surface area (TPSA) is 119 Å². The van der Waals surface area contributed by atoms with Crippen molar-refractivity contribution in [2.45, 2.75) is 0 Å². The minimum Gasteiger partial charge on any atom is -0.482 e. The third-order valence-electron chi connectivity index (χ3n) is 4.19. The first-order chi connectivity index (χ1) is 15.3. The number of nitro benzene ring substituents is 1. The summed E-state index contributed by atoms with van der Waals surface area (Å²) in [6.07, 6.45) is 1.38. The molecule has 1 fully saturated rings. The highest BCUT2D eigenvalue weighted by Crippen LogP contribution is 2.33. The molecular formula is C20H15Cl2N3O6S. The van der Waals surface area contributed by atoms with E-state index in [1.165, 1.54) is 24.3 Å². The molecule has 1 N–H and O–H groups in total. The second-order valence-corrected chi connectivity index (χ2v) is 8.18. The largest absolute Gasteiger partial charge is 0.482 e. The molecule has 0 aliphatic carbocycles. The molecular weight excluding hydrogens is 481 g/mol. The van der Waals surface area contributed by atoms with Gasteiger partial charge in [-0.25, -0.2) is 0 Å². The van der Waals surface area contributed by atoms with Gasteiger partial charge in [0, 0.05) is 19.2 Å². The number of rotatable bonds is 8. The molecule has 1 aliphatic rings. The van der Waals surface area contributed by atoms with Crippen LogP contribution in [-0.4, -0.2) is 46.6 Å². The molecule has 0 saturated carbocycles. The van der Waals surface area contributed by atoms with Crippen molar-refractivity contribution in [3.8, 4) is 5.75 Å². The molecule has 12 heteroatoms. The number of ether oxygens (including phenoxy) is 1. The van der Waals surface area contributed by atoms with Crippen LogP contribution in [0.2, 0.25) is 10.0 Å². The minimum atomic E-state index is -0.635. The van der Waals surface area contributed by atoms with Crippen LogP contribution in [0.15, 0.2) is 47.4 Å². The molecule has 3 rings (SSSR count). The monoisotopic (exact) mass is 495 g/mol. The van der Waals surface area contributed by atoms with Crippen LogP contribution in [0.25, 0.3) is 6.08 Å². The maximum Gasteiger partial charge on any atom is 0.293 e. The first kappa shape index (κ1) is 23.6.